The normalized spacial score (nSPS) is 12.2. The van der Waals surface area contributed by atoms with Gasteiger partial charge in [0, 0.05) is 5.02 Å². The third kappa shape index (κ3) is 2.25. The van der Waals surface area contributed by atoms with Crippen molar-refractivity contribution in [1.29, 1.82) is 0 Å². The Labute approximate surface area is 107 Å². The number of halogens is 1. The number of fused-ring (bicyclic) bond motifs is 1. The molecule has 0 saturated heterocycles. The molecule has 0 saturated carbocycles. The minimum atomic E-state index is 0.633. The van der Waals surface area contributed by atoms with Crippen LogP contribution in [0, 0.1) is 0 Å². The van der Waals surface area contributed by atoms with Crippen molar-refractivity contribution in [2.45, 2.75) is 0 Å². The van der Waals surface area contributed by atoms with E-state index in [0.717, 1.165) is 16.0 Å². The highest BCUT2D eigenvalue weighted by Crippen LogP contribution is 2.19. The van der Waals surface area contributed by atoms with E-state index in [-0.39, 0.29) is 0 Å². The summed E-state index contributed by atoms with van der Waals surface area (Å²) in [5.41, 5.74) is 1.66. The molecule has 3 aromatic rings. The third-order valence-electron chi connectivity index (χ3n) is 2.27. The first-order valence-electron chi connectivity index (χ1n) is 5.10. The van der Waals surface area contributed by atoms with Gasteiger partial charge in [-0.2, -0.15) is 0 Å². The molecule has 0 fully saturated rings. The Bertz CT molecular complexity index is 693. The van der Waals surface area contributed by atoms with Gasteiger partial charge in [0.25, 0.3) is 4.87 Å². The molecule has 0 N–H and O–H groups in total. The van der Waals surface area contributed by atoms with Crippen molar-refractivity contribution in [3.8, 4) is 0 Å². The largest absolute Gasteiger partial charge is 0.429 e. The van der Waals surface area contributed by atoms with E-state index in [1.165, 1.54) is 11.3 Å². The quantitative estimate of drug-likeness (QED) is 0.638. The van der Waals surface area contributed by atoms with Gasteiger partial charge < -0.3 is 4.42 Å². The lowest BCUT2D eigenvalue weighted by molar-refractivity contribution is 0.570. The second-order valence-corrected chi connectivity index (χ2v) is 4.94. The molecule has 0 aliphatic carbocycles. The van der Waals surface area contributed by atoms with E-state index in [4.69, 9.17) is 16.0 Å². The molecule has 0 aliphatic rings. The van der Waals surface area contributed by atoms with Crippen LogP contribution in [-0.4, -0.2) is 0 Å². The van der Waals surface area contributed by atoms with Crippen LogP contribution in [0.1, 0.15) is 0 Å². The molecule has 3 rings (SSSR count). The van der Waals surface area contributed by atoms with Crippen LogP contribution in [0.2, 0.25) is 5.02 Å². The van der Waals surface area contributed by atoms with Crippen molar-refractivity contribution in [1.82, 2.24) is 0 Å². The Morgan fingerprint density at radius 3 is 2.76 bits per heavy atom. The number of hydrogen-bond acceptors (Lipinski definition) is 3. The molecule has 1 heterocycles. The highest BCUT2D eigenvalue weighted by Gasteiger charge is 1.99. The van der Waals surface area contributed by atoms with E-state index in [9.17, 15) is 0 Å². The highest BCUT2D eigenvalue weighted by atomic mass is 35.5. The molecule has 17 heavy (non-hydrogen) atoms. The minimum Gasteiger partial charge on any atom is -0.429 e. The van der Waals surface area contributed by atoms with E-state index in [1.807, 2.05) is 48.5 Å². The number of nitrogens with zero attached hydrogens (tertiary/aromatic N) is 1. The zero-order valence-electron chi connectivity index (χ0n) is 8.76. The van der Waals surface area contributed by atoms with Gasteiger partial charge >= 0.3 is 0 Å². The number of benzene rings is 2. The van der Waals surface area contributed by atoms with E-state index in [2.05, 4.69) is 4.99 Å². The maximum Gasteiger partial charge on any atom is 0.279 e. The van der Waals surface area contributed by atoms with Crippen molar-refractivity contribution >= 4 is 38.9 Å². The van der Waals surface area contributed by atoms with E-state index >= 15 is 0 Å². The third-order valence-corrected chi connectivity index (χ3v) is 3.41. The maximum absolute atomic E-state index is 5.90. The van der Waals surface area contributed by atoms with Gasteiger partial charge in [-0.3, -0.25) is 0 Å². The van der Waals surface area contributed by atoms with E-state index < -0.39 is 0 Å². The summed E-state index contributed by atoms with van der Waals surface area (Å²) in [5, 5.41) is 0.673. The monoisotopic (exact) mass is 261 g/mol. The number of rotatable bonds is 1. The van der Waals surface area contributed by atoms with Gasteiger partial charge in [-0.05, 0) is 30.3 Å². The van der Waals surface area contributed by atoms with E-state index in [0.29, 0.717) is 9.89 Å². The second kappa shape index (κ2) is 4.35. The smallest absolute Gasteiger partial charge is 0.279 e. The average molecular weight is 262 g/mol. The lowest BCUT2D eigenvalue weighted by Gasteiger charge is -1.91. The van der Waals surface area contributed by atoms with Gasteiger partial charge in [0.05, 0.1) is 10.4 Å². The van der Waals surface area contributed by atoms with Gasteiger partial charge in [0.15, 0.2) is 0 Å². The average Bonchev–Trinajstić information content (AvgIpc) is 2.71. The van der Waals surface area contributed by atoms with Crippen molar-refractivity contribution in [2.75, 3.05) is 0 Å². The van der Waals surface area contributed by atoms with Crippen LogP contribution in [0.25, 0.3) is 10.3 Å². The predicted octanol–water partition coefficient (Wildman–Crippen LogP) is 4.38. The topological polar surface area (TPSA) is 25.5 Å². The SMILES string of the molecule is Clc1cccc(N=c2oc3ccccc3s2)c1. The standard InChI is InChI=1S/C13H8ClNOS/c14-9-4-3-5-10(8-9)15-13-16-11-6-1-2-7-12(11)17-13/h1-8H. The Hall–Kier alpha value is -1.58. The van der Waals surface area contributed by atoms with Crippen LogP contribution in [0.4, 0.5) is 5.69 Å². The molecule has 0 aliphatic heterocycles. The van der Waals surface area contributed by atoms with Crippen molar-refractivity contribution in [3.63, 3.8) is 0 Å². The minimum absolute atomic E-state index is 0.633. The fraction of sp³-hybridized carbons (Fsp3) is 0. The first kappa shape index (κ1) is 10.6. The maximum atomic E-state index is 5.90. The summed E-state index contributed by atoms with van der Waals surface area (Å²) in [6.07, 6.45) is 0. The van der Waals surface area contributed by atoms with Gasteiger partial charge in [-0.25, -0.2) is 4.99 Å². The van der Waals surface area contributed by atoms with Crippen LogP contribution in [0.5, 0.6) is 0 Å². The predicted molar refractivity (Wildman–Crippen MR) is 70.8 cm³/mol. The first-order valence-corrected chi connectivity index (χ1v) is 6.30. The van der Waals surface area contributed by atoms with Gasteiger partial charge in [0.1, 0.15) is 5.58 Å². The summed E-state index contributed by atoms with van der Waals surface area (Å²) in [4.78, 5) is 5.04. The molecule has 0 atom stereocenters. The molecule has 1 aromatic heterocycles. The second-order valence-electron chi connectivity index (χ2n) is 3.51. The summed E-state index contributed by atoms with van der Waals surface area (Å²) in [7, 11) is 0. The molecule has 4 heteroatoms. The Morgan fingerprint density at radius 1 is 1.06 bits per heavy atom. The molecule has 2 nitrogen and oxygen atoms in total. The summed E-state index contributed by atoms with van der Waals surface area (Å²) in [6, 6.07) is 15.3. The molecule has 0 radical (unpaired) electrons. The van der Waals surface area contributed by atoms with Gasteiger partial charge in [0.2, 0.25) is 0 Å². The summed E-state index contributed by atoms with van der Waals surface area (Å²) < 4.78 is 6.71. The fourth-order valence-electron chi connectivity index (χ4n) is 1.52. The lowest BCUT2D eigenvalue weighted by Crippen LogP contribution is -1.87. The van der Waals surface area contributed by atoms with Crippen LogP contribution in [-0.2, 0) is 0 Å². The lowest BCUT2D eigenvalue weighted by atomic mass is 10.3. The van der Waals surface area contributed by atoms with Crippen LogP contribution >= 0.6 is 22.9 Å². The first-order chi connectivity index (χ1) is 8.31. The van der Waals surface area contributed by atoms with Gasteiger partial charge in [-0.1, -0.05) is 41.1 Å². The molecule has 0 unspecified atom stereocenters. The van der Waals surface area contributed by atoms with Crippen LogP contribution in [0.3, 0.4) is 0 Å². The van der Waals surface area contributed by atoms with Crippen molar-refractivity contribution in [2.24, 2.45) is 4.99 Å². The highest BCUT2D eigenvalue weighted by molar-refractivity contribution is 7.16. The zero-order chi connectivity index (χ0) is 11.7. The molecular formula is C13H8ClNOS. The van der Waals surface area contributed by atoms with Crippen molar-refractivity contribution in [3.05, 3.63) is 58.4 Å². The van der Waals surface area contributed by atoms with Crippen LogP contribution < -0.4 is 4.87 Å². The number of para-hydroxylation sites is 1. The summed E-state index contributed by atoms with van der Waals surface area (Å²) >= 11 is 7.42. The fourth-order valence-corrected chi connectivity index (χ4v) is 2.54. The molecule has 2 aromatic carbocycles. The summed E-state index contributed by atoms with van der Waals surface area (Å²) in [6.45, 7) is 0. The Morgan fingerprint density at radius 2 is 1.94 bits per heavy atom. The van der Waals surface area contributed by atoms with E-state index in [1.54, 1.807) is 0 Å². The van der Waals surface area contributed by atoms with Crippen molar-refractivity contribution < 1.29 is 4.42 Å². The molecule has 84 valence electrons. The zero-order valence-corrected chi connectivity index (χ0v) is 10.3. The molecule has 0 spiro atoms. The Kier molecular flexibility index (Phi) is 2.71. The Balaban J connectivity index is 2.14. The summed E-state index contributed by atoms with van der Waals surface area (Å²) in [5.74, 6) is 0. The van der Waals surface area contributed by atoms with Gasteiger partial charge in [-0.15, -0.1) is 0 Å². The molecule has 0 bridgehead atoms. The number of hydrogen-bond donors (Lipinski definition) is 0. The molecular weight excluding hydrogens is 254 g/mol. The molecule has 0 amide bonds. The van der Waals surface area contributed by atoms with Crippen LogP contribution in [0.15, 0.2) is 57.9 Å².